The Morgan fingerprint density at radius 2 is 2.37 bits per heavy atom. The molecule has 0 spiro atoms. The smallest absolute Gasteiger partial charge is 0.311 e. The third-order valence-electron chi connectivity index (χ3n) is 3.90. The number of hydrogen-bond donors (Lipinski definition) is 1. The van der Waals surface area contributed by atoms with Crippen LogP contribution in [0.15, 0.2) is 18.2 Å². The van der Waals surface area contributed by atoms with Crippen LogP contribution in [0.3, 0.4) is 0 Å². The molecule has 5 heteroatoms. The molecule has 0 aromatic heterocycles. The largest absolute Gasteiger partial charge is 0.481 e. The Balaban J connectivity index is 2.26. The van der Waals surface area contributed by atoms with E-state index in [1.54, 1.807) is 17.0 Å². The molecule has 0 amide bonds. The highest BCUT2D eigenvalue weighted by molar-refractivity contribution is 5.76. The van der Waals surface area contributed by atoms with Gasteiger partial charge in [0.2, 0.25) is 0 Å². The van der Waals surface area contributed by atoms with Gasteiger partial charge in [-0.3, -0.25) is 4.79 Å². The van der Waals surface area contributed by atoms with Crippen molar-refractivity contribution in [2.24, 2.45) is 5.41 Å². The fourth-order valence-electron chi connectivity index (χ4n) is 2.53. The molecule has 1 heterocycles. The van der Waals surface area contributed by atoms with Crippen LogP contribution in [-0.2, 0) is 4.79 Å². The van der Waals surface area contributed by atoms with E-state index in [-0.39, 0.29) is 5.56 Å². The minimum atomic E-state index is -0.827. The molecule has 1 aliphatic heterocycles. The first-order valence-electron chi connectivity index (χ1n) is 6.20. The van der Waals surface area contributed by atoms with E-state index in [1.807, 2.05) is 13.0 Å². The van der Waals surface area contributed by atoms with E-state index in [2.05, 4.69) is 0 Å². The number of benzene rings is 1. The highest BCUT2D eigenvalue weighted by Crippen LogP contribution is 2.37. The lowest BCUT2D eigenvalue weighted by atomic mass is 9.84. The van der Waals surface area contributed by atoms with Crippen molar-refractivity contribution in [3.8, 4) is 6.07 Å². The monoisotopic (exact) mass is 262 g/mol. The number of carboxylic acids is 1. The van der Waals surface area contributed by atoms with Gasteiger partial charge in [-0.25, -0.2) is 4.39 Å². The number of carbonyl (C=O) groups is 1. The average Bonchev–Trinajstić information content (AvgIpc) is 2.84. The summed E-state index contributed by atoms with van der Waals surface area (Å²) in [6.07, 6.45) is 1.04. The molecule has 2 rings (SSSR count). The van der Waals surface area contributed by atoms with Crippen molar-refractivity contribution in [3.63, 3.8) is 0 Å². The third kappa shape index (κ3) is 2.26. The number of halogens is 1. The third-order valence-corrected chi connectivity index (χ3v) is 3.90. The van der Waals surface area contributed by atoms with Crippen LogP contribution in [0.4, 0.5) is 10.1 Å². The molecule has 1 fully saturated rings. The van der Waals surface area contributed by atoms with Crippen LogP contribution in [0.1, 0.15) is 25.3 Å². The first kappa shape index (κ1) is 13.3. The summed E-state index contributed by atoms with van der Waals surface area (Å²) in [7, 11) is 0. The second-order valence-electron chi connectivity index (χ2n) is 4.89. The predicted molar refractivity (Wildman–Crippen MR) is 68.3 cm³/mol. The molecular weight excluding hydrogens is 247 g/mol. The molecule has 0 aliphatic carbocycles. The Kier molecular flexibility index (Phi) is 3.43. The zero-order valence-electron chi connectivity index (χ0n) is 10.7. The molecule has 4 nitrogen and oxygen atoms in total. The molecule has 1 saturated heterocycles. The van der Waals surface area contributed by atoms with Crippen LogP contribution < -0.4 is 4.90 Å². The van der Waals surface area contributed by atoms with Gasteiger partial charge in [0.05, 0.1) is 22.7 Å². The second-order valence-corrected chi connectivity index (χ2v) is 4.89. The van der Waals surface area contributed by atoms with Crippen LogP contribution in [0, 0.1) is 22.6 Å². The van der Waals surface area contributed by atoms with Gasteiger partial charge in [0, 0.05) is 13.1 Å². The lowest BCUT2D eigenvalue weighted by molar-refractivity contribution is -0.147. The van der Waals surface area contributed by atoms with Crippen molar-refractivity contribution in [1.29, 1.82) is 5.26 Å². The van der Waals surface area contributed by atoms with Crippen LogP contribution in [0.5, 0.6) is 0 Å². The number of nitrogens with zero attached hydrogens (tertiary/aromatic N) is 2. The number of carboxylic acid groups (broad SMARTS) is 1. The van der Waals surface area contributed by atoms with Crippen molar-refractivity contribution in [2.75, 3.05) is 18.0 Å². The standard InChI is InChI=1S/C14H15FN2O2/c1-2-14(13(18)19)5-6-17(9-14)12-4-3-10(8-16)7-11(12)15/h3-4,7H,2,5-6,9H2,1H3,(H,18,19). The first-order valence-corrected chi connectivity index (χ1v) is 6.20. The zero-order valence-corrected chi connectivity index (χ0v) is 10.7. The summed E-state index contributed by atoms with van der Waals surface area (Å²) < 4.78 is 13.9. The lowest BCUT2D eigenvalue weighted by Crippen LogP contribution is -2.34. The maximum Gasteiger partial charge on any atom is 0.311 e. The van der Waals surface area contributed by atoms with Crippen molar-refractivity contribution in [2.45, 2.75) is 19.8 Å². The predicted octanol–water partition coefficient (Wildman–Crippen LogP) is 2.39. The Bertz CT molecular complexity index is 553. The molecule has 100 valence electrons. The van der Waals surface area contributed by atoms with Crippen molar-refractivity contribution >= 4 is 11.7 Å². The molecule has 0 saturated carbocycles. The zero-order chi connectivity index (χ0) is 14.0. The summed E-state index contributed by atoms with van der Waals surface area (Å²) in [6, 6.07) is 6.15. The summed E-state index contributed by atoms with van der Waals surface area (Å²) in [5.41, 5.74) is -0.156. The van der Waals surface area contributed by atoms with Gasteiger partial charge in [0.25, 0.3) is 0 Å². The van der Waals surface area contributed by atoms with E-state index < -0.39 is 17.2 Å². The Hall–Kier alpha value is -2.09. The SMILES string of the molecule is CCC1(C(=O)O)CCN(c2ccc(C#N)cc2F)C1. The van der Waals surface area contributed by atoms with E-state index in [4.69, 9.17) is 5.26 Å². The van der Waals surface area contributed by atoms with Gasteiger partial charge in [-0.1, -0.05) is 6.92 Å². The van der Waals surface area contributed by atoms with Crippen molar-refractivity contribution < 1.29 is 14.3 Å². The Morgan fingerprint density at radius 3 is 2.84 bits per heavy atom. The minimum Gasteiger partial charge on any atom is -0.481 e. The van der Waals surface area contributed by atoms with Crippen LogP contribution >= 0.6 is 0 Å². The normalized spacial score (nSPS) is 22.3. The summed E-state index contributed by atoms with van der Waals surface area (Å²) in [4.78, 5) is 13.1. The maximum absolute atomic E-state index is 13.9. The lowest BCUT2D eigenvalue weighted by Gasteiger charge is -2.24. The topological polar surface area (TPSA) is 64.3 Å². The van der Waals surface area contributed by atoms with E-state index in [0.29, 0.717) is 31.6 Å². The first-order chi connectivity index (χ1) is 9.02. The van der Waals surface area contributed by atoms with E-state index in [1.165, 1.54) is 6.07 Å². The van der Waals surface area contributed by atoms with Crippen LogP contribution in [0.25, 0.3) is 0 Å². The molecule has 1 N–H and O–H groups in total. The van der Waals surface area contributed by atoms with E-state index >= 15 is 0 Å². The number of rotatable bonds is 3. The highest BCUT2D eigenvalue weighted by atomic mass is 19.1. The van der Waals surface area contributed by atoms with Crippen LogP contribution in [0.2, 0.25) is 0 Å². The number of anilines is 1. The van der Waals surface area contributed by atoms with Crippen LogP contribution in [-0.4, -0.2) is 24.2 Å². The molecule has 1 unspecified atom stereocenters. The average molecular weight is 262 g/mol. The Labute approximate surface area is 111 Å². The number of aliphatic carboxylic acids is 1. The van der Waals surface area contributed by atoms with Gasteiger partial charge in [-0.05, 0) is 31.0 Å². The quantitative estimate of drug-likeness (QED) is 0.908. The van der Waals surface area contributed by atoms with Gasteiger partial charge >= 0.3 is 5.97 Å². The second kappa shape index (κ2) is 4.88. The van der Waals surface area contributed by atoms with Crippen molar-refractivity contribution in [3.05, 3.63) is 29.6 Å². The molecule has 19 heavy (non-hydrogen) atoms. The van der Waals surface area contributed by atoms with E-state index in [0.717, 1.165) is 0 Å². The molecular formula is C14H15FN2O2. The molecule has 1 aliphatic rings. The molecule has 0 radical (unpaired) electrons. The summed E-state index contributed by atoms with van der Waals surface area (Å²) >= 11 is 0. The minimum absolute atomic E-state index is 0.264. The number of nitriles is 1. The number of hydrogen-bond acceptors (Lipinski definition) is 3. The summed E-state index contributed by atoms with van der Waals surface area (Å²) in [5.74, 6) is -1.30. The molecule has 0 bridgehead atoms. The van der Waals surface area contributed by atoms with Gasteiger partial charge < -0.3 is 10.0 Å². The van der Waals surface area contributed by atoms with Gasteiger partial charge in [-0.15, -0.1) is 0 Å². The molecule has 1 aromatic rings. The van der Waals surface area contributed by atoms with E-state index in [9.17, 15) is 14.3 Å². The molecule has 1 atom stereocenters. The summed E-state index contributed by atoms with van der Waals surface area (Å²) in [5, 5.41) is 18.0. The van der Waals surface area contributed by atoms with Gasteiger partial charge in [0.1, 0.15) is 5.82 Å². The molecule has 1 aromatic carbocycles. The summed E-state index contributed by atoms with van der Waals surface area (Å²) in [6.45, 7) is 2.66. The maximum atomic E-state index is 13.9. The van der Waals surface area contributed by atoms with Gasteiger partial charge in [-0.2, -0.15) is 5.26 Å². The Morgan fingerprint density at radius 1 is 1.63 bits per heavy atom. The van der Waals surface area contributed by atoms with Crippen molar-refractivity contribution in [1.82, 2.24) is 0 Å². The fourth-order valence-corrected chi connectivity index (χ4v) is 2.53. The fraction of sp³-hybridized carbons (Fsp3) is 0.429. The highest BCUT2D eigenvalue weighted by Gasteiger charge is 2.43. The van der Waals surface area contributed by atoms with Gasteiger partial charge in [0.15, 0.2) is 0 Å².